The van der Waals surface area contributed by atoms with Crippen LogP contribution in [0.3, 0.4) is 0 Å². The maximum Gasteiger partial charge on any atom is 0.129 e. The minimum Gasteiger partial charge on any atom is -0.308 e. The van der Waals surface area contributed by atoms with Crippen LogP contribution in [0, 0.1) is 5.82 Å². The van der Waals surface area contributed by atoms with Gasteiger partial charge in [0.15, 0.2) is 0 Å². The highest BCUT2D eigenvalue weighted by molar-refractivity contribution is 6.31. The molecule has 1 rings (SSSR count). The van der Waals surface area contributed by atoms with Gasteiger partial charge >= 0.3 is 0 Å². The van der Waals surface area contributed by atoms with Gasteiger partial charge in [-0.25, -0.2) is 4.39 Å². The maximum absolute atomic E-state index is 13.5. The largest absolute Gasteiger partial charge is 0.308 e. The molecular formula is C13H19ClFN. The summed E-state index contributed by atoms with van der Waals surface area (Å²) in [5, 5.41) is 3.82. The molecule has 16 heavy (non-hydrogen) atoms. The molecule has 0 spiro atoms. The fourth-order valence-electron chi connectivity index (χ4n) is 1.74. The van der Waals surface area contributed by atoms with Gasteiger partial charge in [-0.3, -0.25) is 0 Å². The minimum atomic E-state index is -0.243. The zero-order valence-electron chi connectivity index (χ0n) is 10.1. The molecule has 90 valence electrons. The van der Waals surface area contributed by atoms with Crippen molar-refractivity contribution >= 4 is 11.6 Å². The van der Waals surface area contributed by atoms with E-state index < -0.39 is 0 Å². The van der Waals surface area contributed by atoms with Crippen molar-refractivity contribution in [3.8, 4) is 0 Å². The van der Waals surface area contributed by atoms with Gasteiger partial charge in [0.05, 0.1) is 0 Å². The van der Waals surface area contributed by atoms with Crippen molar-refractivity contribution < 1.29 is 4.39 Å². The molecule has 0 atom stereocenters. The van der Waals surface area contributed by atoms with E-state index in [-0.39, 0.29) is 11.4 Å². The Kier molecular flexibility index (Phi) is 4.75. The second-order valence-corrected chi connectivity index (χ2v) is 5.09. The van der Waals surface area contributed by atoms with Crippen molar-refractivity contribution in [1.82, 2.24) is 5.32 Å². The molecule has 0 bridgehead atoms. The molecule has 0 aromatic heterocycles. The van der Waals surface area contributed by atoms with Crippen LogP contribution in [-0.2, 0) is 6.54 Å². The molecule has 0 aliphatic rings. The van der Waals surface area contributed by atoms with E-state index in [9.17, 15) is 4.39 Å². The minimum absolute atomic E-state index is 0.0142. The Morgan fingerprint density at radius 3 is 2.62 bits per heavy atom. The van der Waals surface area contributed by atoms with E-state index in [1.807, 2.05) is 0 Å². The van der Waals surface area contributed by atoms with Gasteiger partial charge in [-0.2, -0.15) is 0 Å². The average Bonchev–Trinajstić information content (AvgIpc) is 2.16. The second kappa shape index (κ2) is 5.65. The van der Waals surface area contributed by atoms with Gasteiger partial charge in [0.2, 0.25) is 0 Å². The average molecular weight is 244 g/mol. The lowest BCUT2D eigenvalue weighted by molar-refractivity contribution is 0.354. The lowest BCUT2D eigenvalue weighted by Crippen LogP contribution is -2.38. The summed E-state index contributed by atoms with van der Waals surface area (Å²) in [5.41, 5.74) is 0.564. The third kappa shape index (κ3) is 3.76. The number of hydrogen-bond donors (Lipinski definition) is 1. The number of benzene rings is 1. The van der Waals surface area contributed by atoms with E-state index in [4.69, 9.17) is 11.6 Å². The Balaban J connectivity index is 2.68. The molecule has 0 saturated carbocycles. The number of halogens is 2. The zero-order valence-corrected chi connectivity index (χ0v) is 10.9. The van der Waals surface area contributed by atoms with Gasteiger partial charge in [0.25, 0.3) is 0 Å². The van der Waals surface area contributed by atoms with Crippen LogP contribution >= 0.6 is 11.6 Å². The predicted molar refractivity (Wildman–Crippen MR) is 67.2 cm³/mol. The van der Waals surface area contributed by atoms with Gasteiger partial charge in [0.1, 0.15) is 5.82 Å². The molecule has 1 aromatic rings. The van der Waals surface area contributed by atoms with Gasteiger partial charge in [-0.05, 0) is 32.4 Å². The third-order valence-corrected chi connectivity index (χ3v) is 3.03. The van der Waals surface area contributed by atoms with Gasteiger partial charge in [-0.1, -0.05) is 31.0 Å². The van der Waals surface area contributed by atoms with Crippen LogP contribution in [0.1, 0.15) is 39.2 Å². The summed E-state index contributed by atoms with van der Waals surface area (Å²) < 4.78 is 13.5. The molecular weight excluding hydrogens is 225 g/mol. The summed E-state index contributed by atoms with van der Waals surface area (Å²) in [6, 6.07) is 4.78. The summed E-state index contributed by atoms with van der Waals surface area (Å²) in [6.45, 7) is 6.84. The smallest absolute Gasteiger partial charge is 0.129 e. The predicted octanol–water partition coefficient (Wildman–Crippen LogP) is 4.15. The van der Waals surface area contributed by atoms with Crippen LogP contribution in [0.2, 0.25) is 5.02 Å². The first-order valence-corrected chi connectivity index (χ1v) is 6.02. The van der Waals surface area contributed by atoms with Crippen LogP contribution in [-0.4, -0.2) is 5.54 Å². The molecule has 0 fully saturated rings. The van der Waals surface area contributed by atoms with Crippen molar-refractivity contribution in [2.45, 2.75) is 45.7 Å². The highest BCUT2D eigenvalue weighted by Crippen LogP contribution is 2.20. The highest BCUT2D eigenvalue weighted by Gasteiger charge is 2.17. The quantitative estimate of drug-likeness (QED) is 0.819. The molecule has 1 N–H and O–H groups in total. The van der Waals surface area contributed by atoms with Crippen LogP contribution in [0.5, 0.6) is 0 Å². The standard InChI is InChI=1S/C13H19ClFN/c1-4-8-13(2,3)16-9-10-11(14)6-5-7-12(10)15/h5-7,16H,4,8-9H2,1-3H3. The molecule has 3 heteroatoms. The topological polar surface area (TPSA) is 12.0 Å². The van der Waals surface area contributed by atoms with Crippen molar-refractivity contribution in [3.05, 3.63) is 34.6 Å². The molecule has 0 radical (unpaired) electrons. The summed E-state index contributed by atoms with van der Waals surface area (Å²) in [6.07, 6.45) is 2.16. The highest BCUT2D eigenvalue weighted by atomic mass is 35.5. The molecule has 0 aliphatic heterocycles. The molecule has 0 saturated heterocycles. The van der Waals surface area contributed by atoms with E-state index in [0.29, 0.717) is 17.1 Å². The summed E-state index contributed by atoms with van der Waals surface area (Å²) >= 11 is 5.96. The first kappa shape index (κ1) is 13.5. The van der Waals surface area contributed by atoms with Gasteiger partial charge in [-0.15, -0.1) is 0 Å². The lowest BCUT2D eigenvalue weighted by Gasteiger charge is -2.26. The van der Waals surface area contributed by atoms with Crippen LogP contribution < -0.4 is 5.32 Å². The fourth-order valence-corrected chi connectivity index (χ4v) is 1.97. The summed E-state index contributed by atoms with van der Waals surface area (Å²) in [7, 11) is 0. The van der Waals surface area contributed by atoms with Crippen molar-refractivity contribution in [3.63, 3.8) is 0 Å². The Hall–Kier alpha value is -0.600. The van der Waals surface area contributed by atoms with Crippen LogP contribution in [0.15, 0.2) is 18.2 Å². The third-order valence-electron chi connectivity index (χ3n) is 2.68. The van der Waals surface area contributed by atoms with Gasteiger partial charge in [0, 0.05) is 22.7 Å². The molecule has 1 nitrogen and oxygen atoms in total. The molecule has 0 heterocycles. The molecule has 0 amide bonds. The Morgan fingerprint density at radius 2 is 2.06 bits per heavy atom. The summed E-state index contributed by atoms with van der Waals surface area (Å²) in [5.74, 6) is -0.243. The van der Waals surface area contributed by atoms with Gasteiger partial charge < -0.3 is 5.32 Å². The zero-order chi connectivity index (χ0) is 12.2. The molecule has 1 aromatic carbocycles. The van der Waals surface area contributed by atoms with E-state index in [0.717, 1.165) is 12.8 Å². The van der Waals surface area contributed by atoms with E-state index >= 15 is 0 Å². The van der Waals surface area contributed by atoms with Crippen molar-refractivity contribution in [1.29, 1.82) is 0 Å². The SMILES string of the molecule is CCCC(C)(C)NCc1c(F)cccc1Cl. The van der Waals surface area contributed by atoms with Crippen molar-refractivity contribution in [2.24, 2.45) is 0 Å². The second-order valence-electron chi connectivity index (χ2n) is 4.69. The first-order valence-electron chi connectivity index (χ1n) is 5.64. The Labute approximate surface area is 102 Å². The number of nitrogens with one attached hydrogen (secondary N) is 1. The van der Waals surface area contributed by atoms with E-state index in [2.05, 4.69) is 26.1 Å². The summed E-state index contributed by atoms with van der Waals surface area (Å²) in [4.78, 5) is 0. The Bertz CT molecular complexity index is 330. The van der Waals surface area contributed by atoms with Crippen molar-refractivity contribution in [2.75, 3.05) is 0 Å². The monoisotopic (exact) mass is 243 g/mol. The first-order chi connectivity index (χ1) is 7.46. The molecule has 0 aliphatic carbocycles. The van der Waals surface area contributed by atoms with E-state index in [1.54, 1.807) is 12.1 Å². The Morgan fingerprint density at radius 1 is 1.38 bits per heavy atom. The number of hydrogen-bond acceptors (Lipinski definition) is 1. The maximum atomic E-state index is 13.5. The molecule has 0 unspecified atom stereocenters. The van der Waals surface area contributed by atoms with Crippen LogP contribution in [0.4, 0.5) is 4.39 Å². The fraction of sp³-hybridized carbons (Fsp3) is 0.538. The number of rotatable bonds is 5. The normalized spacial score (nSPS) is 11.8. The van der Waals surface area contributed by atoms with E-state index in [1.165, 1.54) is 6.07 Å². The van der Waals surface area contributed by atoms with Crippen LogP contribution in [0.25, 0.3) is 0 Å². The lowest BCUT2D eigenvalue weighted by atomic mass is 9.98.